The van der Waals surface area contributed by atoms with E-state index in [-0.39, 0.29) is 29.4 Å². The standard InChI is InChI=1S/C23H28F2N4O3/c1-15(2)18-7-4-5-9-20(18)29(17-10-13-28(14-11-17)16(3)30)23(31)27-19-8-6-12-26-21(19)32-22(24)25/h4-9,12,15,17,22H,10-11,13-14H2,1-3H3,(H,27,31). The summed E-state index contributed by atoms with van der Waals surface area (Å²) in [5.41, 5.74) is 1.80. The highest BCUT2D eigenvalue weighted by Gasteiger charge is 2.32. The molecule has 9 heteroatoms. The molecule has 0 spiro atoms. The Bertz CT molecular complexity index is 946. The van der Waals surface area contributed by atoms with Crippen LogP contribution in [0.2, 0.25) is 0 Å². The summed E-state index contributed by atoms with van der Waals surface area (Å²) in [6.07, 6.45) is 2.52. The second-order valence-electron chi connectivity index (χ2n) is 7.99. The number of anilines is 2. The molecular weight excluding hydrogens is 418 g/mol. The molecule has 32 heavy (non-hydrogen) atoms. The van der Waals surface area contributed by atoms with Crippen LogP contribution >= 0.6 is 0 Å². The van der Waals surface area contributed by atoms with E-state index in [4.69, 9.17) is 0 Å². The molecule has 0 atom stereocenters. The molecule has 0 unspecified atom stereocenters. The van der Waals surface area contributed by atoms with E-state index in [0.29, 0.717) is 25.9 Å². The van der Waals surface area contributed by atoms with Gasteiger partial charge in [0.1, 0.15) is 5.69 Å². The van der Waals surface area contributed by atoms with Gasteiger partial charge >= 0.3 is 12.6 Å². The Balaban J connectivity index is 1.93. The van der Waals surface area contributed by atoms with Crippen molar-refractivity contribution in [2.75, 3.05) is 23.3 Å². The molecule has 3 rings (SSSR count). The summed E-state index contributed by atoms with van der Waals surface area (Å²) in [7, 11) is 0. The van der Waals surface area contributed by atoms with Gasteiger partial charge in [0.05, 0.1) is 0 Å². The lowest BCUT2D eigenvalue weighted by molar-refractivity contribution is -0.129. The first-order chi connectivity index (χ1) is 15.3. The maximum atomic E-state index is 13.5. The van der Waals surface area contributed by atoms with E-state index in [2.05, 4.69) is 15.0 Å². The summed E-state index contributed by atoms with van der Waals surface area (Å²) in [6.45, 7) is 3.65. The second-order valence-corrected chi connectivity index (χ2v) is 7.99. The number of likely N-dealkylation sites (tertiary alicyclic amines) is 1. The number of nitrogens with one attached hydrogen (secondary N) is 1. The highest BCUT2D eigenvalue weighted by Crippen LogP contribution is 2.33. The number of hydrogen-bond acceptors (Lipinski definition) is 4. The average molecular weight is 446 g/mol. The van der Waals surface area contributed by atoms with Crippen LogP contribution in [0.4, 0.5) is 25.0 Å². The highest BCUT2D eigenvalue weighted by molar-refractivity contribution is 6.03. The van der Waals surface area contributed by atoms with E-state index in [1.54, 1.807) is 9.80 Å². The summed E-state index contributed by atoms with van der Waals surface area (Å²) in [5.74, 6) is -0.180. The summed E-state index contributed by atoms with van der Waals surface area (Å²) >= 11 is 0. The maximum Gasteiger partial charge on any atom is 0.388 e. The zero-order valence-electron chi connectivity index (χ0n) is 18.4. The first-order valence-electron chi connectivity index (χ1n) is 10.6. The number of benzene rings is 1. The highest BCUT2D eigenvalue weighted by atomic mass is 19.3. The molecule has 1 aromatic heterocycles. The fraction of sp³-hybridized carbons (Fsp3) is 0.435. The van der Waals surface area contributed by atoms with Crippen LogP contribution in [0.5, 0.6) is 5.88 Å². The number of para-hydroxylation sites is 1. The topological polar surface area (TPSA) is 74.8 Å². The lowest BCUT2D eigenvalue weighted by Crippen LogP contribution is -2.50. The van der Waals surface area contributed by atoms with Crippen molar-refractivity contribution in [3.8, 4) is 5.88 Å². The van der Waals surface area contributed by atoms with E-state index < -0.39 is 12.6 Å². The van der Waals surface area contributed by atoms with Crippen molar-refractivity contribution in [3.05, 3.63) is 48.2 Å². The normalized spacial score (nSPS) is 14.5. The van der Waals surface area contributed by atoms with Crippen LogP contribution in [-0.2, 0) is 4.79 Å². The van der Waals surface area contributed by atoms with Gasteiger partial charge in [-0.25, -0.2) is 9.78 Å². The number of ether oxygens (including phenoxy) is 1. The van der Waals surface area contributed by atoms with Gasteiger partial charge in [-0.2, -0.15) is 8.78 Å². The van der Waals surface area contributed by atoms with Crippen LogP contribution in [-0.4, -0.2) is 47.6 Å². The largest absolute Gasteiger partial charge is 0.415 e. The number of pyridine rings is 1. The quantitative estimate of drug-likeness (QED) is 0.688. The van der Waals surface area contributed by atoms with Crippen molar-refractivity contribution in [2.24, 2.45) is 0 Å². The summed E-state index contributed by atoms with van der Waals surface area (Å²) in [6, 6.07) is 10.0. The van der Waals surface area contributed by atoms with Gasteiger partial charge in [0, 0.05) is 37.9 Å². The van der Waals surface area contributed by atoms with Gasteiger partial charge in [0.15, 0.2) is 0 Å². The summed E-state index contributed by atoms with van der Waals surface area (Å²) in [4.78, 5) is 32.5. The molecule has 0 bridgehead atoms. The molecule has 0 radical (unpaired) electrons. The molecule has 1 aromatic carbocycles. The number of amides is 3. The smallest absolute Gasteiger partial charge is 0.388 e. The third-order valence-corrected chi connectivity index (χ3v) is 5.53. The predicted octanol–water partition coefficient (Wildman–Crippen LogP) is 4.86. The maximum absolute atomic E-state index is 13.5. The van der Waals surface area contributed by atoms with E-state index in [0.717, 1.165) is 11.3 Å². The third kappa shape index (κ3) is 5.52. The van der Waals surface area contributed by atoms with Crippen molar-refractivity contribution >= 4 is 23.3 Å². The van der Waals surface area contributed by atoms with E-state index in [1.807, 2.05) is 38.1 Å². The molecule has 0 saturated carbocycles. The number of piperidine rings is 1. The fourth-order valence-corrected chi connectivity index (χ4v) is 3.95. The Labute approximate surface area is 186 Å². The van der Waals surface area contributed by atoms with Gasteiger partial charge in [0.2, 0.25) is 11.8 Å². The van der Waals surface area contributed by atoms with Crippen LogP contribution in [0.1, 0.15) is 45.1 Å². The first kappa shape index (κ1) is 23.4. The minimum Gasteiger partial charge on any atom is -0.415 e. The van der Waals surface area contributed by atoms with Crippen LogP contribution in [0.15, 0.2) is 42.6 Å². The fourth-order valence-electron chi connectivity index (χ4n) is 3.95. The van der Waals surface area contributed by atoms with Crippen LogP contribution < -0.4 is 15.0 Å². The van der Waals surface area contributed by atoms with Crippen molar-refractivity contribution in [1.82, 2.24) is 9.88 Å². The number of aromatic nitrogens is 1. The van der Waals surface area contributed by atoms with Crippen molar-refractivity contribution in [3.63, 3.8) is 0 Å². The Morgan fingerprint density at radius 3 is 2.47 bits per heavy atom. The molecule has 2 aromatic rings. The molecule has 172 valence electrons. The van der Waals surface area contributed by atoms with Crippen LogP contribution in [0.25, 0.3) is 0 Å². The second kappa shape index (κ2) is 10.4. The van der Waals surface area contributed by atoms with Crippen molar-refractivity contribution < 1.29 is 23.1 Å². The average Bonchev–Trinajstić information content (AvgIpc) is 2.75. The zero-order chi connectivity index (χ0) is 23.3. The SMILES string of the molecule is CC(=O)N1CCC(N(C(=O)Nc2cccnc2OC(F)F)c2ccccc2C(C)C)CC1. The Morgan fingerprint density at radius 2 is 1.84 bits per heavy atom. The van der Waals surface area contributed by atoms with Gasteiger partial charge in [-0.15, -0.1) is 0 Å². The third-order valence-electron chi connectivity index (χ3n) is 5.53. The molecule has 1 saturated heterocycles. The summed E-state index contributed by atoms with van der Waals surface area (Å²) < 4.78 is 30.0. The van der Waals surface area contributed by atoms with E-state index in [9.17, 15) is 18.4 Å². The Kier molecular flexibility index (Phi) is 7.61. The predicted molar refractivity (Wildman–Crippen MR) is 118 cm³/mol. The molecule has 0 aliphatic carbocycles. The lowest BCUT2D eigenvalue weighted by Gasteiger charge is -2.39. The van der Waals surface area contributed by atoms with E-state index in [1.165, 1.54) is 25.3 Å². The number of carbonyl (C=O) groups excluding carboxylic acids is 2. The number of alkyl halides is 2. The first-order valence-corrected chi connectivity index (χ1v) is 10.6. The number of nitrogens with zero attached hydrogens (tertiary/aromatic N) is 3. The molecular formula is C23H28F2N4O3. The minimum absolute atomic E-state index is 0.00572. The van der Waals surface area contributed by atoms with E-state index >= 15 is 0 Å². The van der Waals surface area contributed by atoms with Gasteiger partial charge in [-0.05, 0) is 42.5 Å². The number of carbonyl (C=O) groups is 2. The van der Waals surface area contributed by atoms with Crippen molar-refractivity contribution in [1.29, 1.82) is 0 Å². The van der Waals surface area contributed by atoms with Crippen LogP contribution in [0, 0.1) is 0 Å². The van der Waals surface area contributed by atoms with Gasteiger partial charge < -0.3 is 15.0 Å². The number of halogens is 2. The Morgan fingerprint density at radius 1 is 1.16 bits per heavy atom. The number of rotatable bonds is 6. The molecule has 1 aliphatic rings. The van der Waals surface area contributed by atoms with Gasteiger partial charge in [0.25, 0.3) is 0 Å². The molecule has 3 amide bonds. The molecule has 1 N–H and O–H groups in total. The Hall–Kier alpha value is -3.23. The van der Waals surface area contributed by atoms with Gasteiger partial charge in [-0.3, -0.25) is 9.69 Å². The van der Waals surface area contributed by atoms with Gasteiger partial charge in [-0.1, -0.05) is 32.0 Å². The monoisotopic (exact) mass is 446 g/mol. The van der Waals surface area contributed by atoms with Crippen molar-refractivity contribution in [2.45, 2.75) is 52.2 Å². The molecule has 1 fully saturated rings. The molecule has 2 heterocycles. The molecule has 7 nitrogen and oxygen atoms in total. The summed E-state index contributed by atoms with van der Waals surface area (Å²) in [5, 5.41) is 2.70. The van der Waals surface area contributed by atoms with Crippen LogP contribution in [0.3, 0.4) is 0 Å². The number of urea groups is 1. The zero-order valence-corrected chi connectivity index (χ0v) is 18.4. The minimum atomic E-state index is -3.06. The molecule has 1 aliphatic heterocycles. The number of hydrogen-bond donors (Lipinski definition) is 1. The lowest BCUT2D eigenvalue weighted by atomic mass is 9.97.